The van der Waals surface area contributed by atoms with Gasteiger partial charge in [0, 0.05) is 6.54 Å². The minimum absolute atomic E-state index is 0.661. The molecule has 1 N–H and O–H groups in total. The van der Waals surface area contributed by atoms with Crippen LogP contribution in [-0.2, 0) is 0 Å². The lowest BCUT2D eigenvalue weighted by Gasteiger charge is -2.23. The molecule has 94 valence electrons. The molecule has 0 bridgehead atoms. The van der Waals surface area contributed by atoms with Crippen LogP contribution in [0, 0.1) is 0 Å². The summed E-state index contributed by atoms with van der Waals surface area (Å²) < 4.78 is 2.87. The molecular weight excluding hydrogens is 290 g/mol. The predicted molar refractivity (Wildman–Crippen MR) is 76.1 cm³/mol. The summed E-state index contributed by atoms with van der Waals surface area (Å²) in [5.74, 6) is 0.661. The van der Waals surface area contributed by atoms with E-state index in [0.717, 1.165) is 23.4 Å². The maximum atomic E-state index is 4.29. The lowest BCUT2D eigenvalue weighted by molar-refractivity contribution is 0.461. The average molecular weight is 306 g/mol. The number of halogens is 1. The molecule has 4 heteroatoms. The second-order valence-electron chi connectivity index (χ2n) is 4.70. The number of rotatable bonds is 2. The monoisotopic (exact) mass is 305 g/mol. The normalized spacial score (nSPS) is 19.9. The van der Waals surface area contributed by atoms with Crippen LogP contribution < -0.4 is 5.32 Å². The summed E-state index contributed by atoms with van der Waals surface area (Å²) in [7, 11) is 0. The SMILES string of the molecule is Brc1ccnn1-c1ccc(C2CCCNC2)cc1. The Morgan fingerprint density at radius 1 is 1.22 bits per heavy atom. The van der Waals surface area contributed by atoms with E-state index in [4.69, 9.17) is 0 Å². The summed E-state index contributed by atoms with van der Waals surface area (Å²) in [6.07, 6.45) is 4.36. The van der Waals surface area contributed by atoms with Crippen LogP contribution in [0.25, 0.3) is 5.69 Å². The molecule has 18 heavy (non-hydrogen) atoms. The van der Waals surface area contributed by atoms with Crippen molar-refractivity contribution in [2.45, 2.75) is 18.8 Å². The molecule has 0 saturated carbocycles. The Morgan fingerprint density at radius 2 is 2.06 bits per heavy atom. The van der Waals surface area contributed by atoms with Crippen molar-refractivity contribution in [3.63, 3.8) is 0 Å². The van der Waals surface area contributed by atoms with E-state index in [0.29, 0.717) is 5.92 Å². The molecule has 1 fully saturated rings. The summed E-state index contributed by atoms with van der Waals surface area (Å²) in [4.78, 5) is 0. The smallest absolute Gasteiger partial charge is 0.109 e. The first-order valence-electron chi connectivity index (χ1n) is 6.35. The van der Waals surface area contributed by atoms with Crippen LogP contribution in [0.1, 0.15) is 24.3 Å². The van der Waals surface area contributed by atoms with Gasteiger partial charge >= 0.3 is 0 Å². The zero-order valence-electron chi connectivity index (χ0n) is 10.1. The number of hydrogen-bond acceptors (Lipinski definition) is 2. The van der Waals surface area contributed by atoms with E-state index >= 15 is 0 Å². The van der Waals surface area contributed by atoms with Gasteiger partial charge in [0.2, 0.25) is 0 Å². The molecule has 1 aromatic carbocycles. The van der Waals surface area contributed by atoms with Gasteiger partial charge in [-0.05, 0) is 65.0 Å². The molecule has 1 aliphatic rings. The van der Waals surface area contributed by atoms with Crippen molar-refractivity contribution in [2.75, 3.05) is 13.1 Å². The number of nitrogens with one attached hydrogen (secondary N) is 1. The Hall–Kier alpha value is -1.13. The van der Waals surface area contributed by atoms with Crippen LogP contribution in [0.15, 0.2) is 41.1 Å². The Bertz CT molecular complexity index is 512. The third-order valence-corrected chi connectivity index (χ3v) is 4.10. The lowest BCUT2D eigenvalue weighted by Crippen LogP contribution is -2.28. The Balaban J connectivity index is 1.82. The predicted octanol–water partition coefficient (Wildman–Crippen LogP) is 3.10. The molecular formula is C14H16BrN3. The second kappa shape index (κ2) is 5.24. The minimum Gasteiger partial charge on any atom is -0.316 e. The standard InChI is InChI=1S/C14H16BrN3/c15-14-7-9-17-18(14)13-5-3-11(4-6-13)12-2-1-8-16-10-12/h3-7,9,12,16H,1-2,8,10H2. The van der Waals surface area contributed by atoms with Gasteiger partial charge in [0.15, 0.2) is 0 Å². The molecule has 3 rings (SSSR count). The summed E-state index contributed by atoms with van der Waals surface area (Å²) in [6, 6.07) is 10.7. The van der Waals surface area contributed by atoms with Crippen molar-refractivity contribution in [2.24, 2.45) is 0 Å². The number of benzene rings is 1. The summed E-state index contributed by atoms with van der Waals surface area (Å²) in [5.41, 5.74) is 2.52. The van der Waals surface area contributed by atoms with Gasteiger partial charge in [0.05, 0.1) is 11.9 Å². The quantitative estimate of drug-likeness (QED) is 0.924. The van der Waals surface area contributed by atoms with Crippen LogP contribution in [0.4, 0.5) is 0 Å². The van der Waals surface area contributed by atoms with Crippen LogP contribution in [0.2, 0.25) is 0 Å². The highest BCUT2D eigenvalue weighted by molar-refractivity contribution is 9.10. The molecule has 1 aromatic heterocycles. The number of hydrogen-bond donors (Lipinski definition) is 1. The fourth-order valence-electron chi connectivity index (χ4n) is 2.50. The highest BCUT2D eigenvalue weighted by atomic mass is 79.9. The van der Waals surface area contributed by atoms with Gasteiger partial charge in [-0.2, -0.15) is 5.10 Å². The lowest BCUT2D eigenvalue weighted by atomic mass is 9.92. The third-order valence-electron chi connectivity index (χ3n) is 3.50. The first-order chi connectivity index (χ1) is 8.84. The molecule has 1 unspecified atom stereocenters. The Labute approximate surface area is 115 Å². The van der Waals surface area contributed by atoms with Crippen molar-refractivity contribution < 1.29 is 0 Å². The molecule has 2 heterocycles. The molecule has 2 aromatic rings. The van der Waals surface area contributed by atoms with E-state index < -0.39 is 0 Å². The van der Waals surface area contributed by atoms with Crippen LogP contribution in [0.3, 0.4) is 0 Å². The maximum absolute atomic E-state index is 4.29. The third kappa shape index (κ3) is 2.35. The van der Waals surface area contributed by atoms with Crippen molar-refractivity contribution in [1.82, 2.24) is 15.1 Å². The van der Waals surface area contributed by atoms with Gasteiger partial charge in [-0.3, -0.25) is 0 Å². The number of nitrogens with zero attached hydrogens (tertiary/aromatic N) is 2. The van der Waals surface area contributed by atoms with E-state index in [1.165, 1.54) is 18.4 Å². The van der Waals surface area contributed by atoms with Crippen LogP contribution in [-0.4, -0.2) is 22.9 Å². The summed E-state index contributed by atoms with van der Waals surface area (Å²) in [5, 5.41) is 7.75. The van der Waals surface area contributed by atoms with Crippen LogP contribution in [0.5, 0.6) is 0 Å². The first-order valence-corrected chi connectivity index (χ1v) is 7.14. The van der Waals surface area contributed by atoms with E-state index in [-0.39, 0.29) is 0 Å². The topological polar surface area (TPSA) is 29.9 Å². The fraction of sp³-hybridized carbons (Fsp3) is 0.357. The molecule has 1 atom stereocenters. The molecule has 0 amide bonds. The highest BCUT2D eigenvalue weighted by Gasteiger charge is 2.14. The minimum atomic E-state index is 0.661. The van der Waals surface area contributed by atoms with Crippen molar-refractivity contribution in [3.05, 3.63) is 46.7 Å². The van der Waals surface area contributed by atoms with Gasteiger partial charge in [-0.15, -0.1) is 0 Å². The number of aromatic nitrogens is 2. The van der Waals surface area contributed by atoms with Gasteiger partial charge in [0.25, 0.3) is 0 Å². The maximum Gasteiger partial charge on any atom is 0.109 e. The molecule has 0 aliphatic carbocycles. The Kier molecular flexibility index (Phi) is 3.48. The van der Waals surface area contributed by atoms with Crippen molar-refractivity contribution >= 4 is 15.9 Å². The van der Waals surface area contributed by atoms with Gasteiger partial charge in [0.1, 0.15) is 4.60 Å². The molecule has 3 nitrogen and oxygen atoms in total. The van der Waals surface area contributed by atoms with Crippen LogP contribution >= 0.6 is 15.9 Å². The van der Waals surface area contributed by atoms with E-state index in [9.17, 15) is 0 Å². The highest BCUT2D eigenvalue weighted by Crippen LogP contribution is 2.24. The van der Waals surface area contributed by atoms with Crippen molar-refractivity contribution in [3.8, 4) is 5.69 Å². The fourth-order valence-corrected chi connectivity index (χ4v) is 2.92. The zero-order valence-corrected chi connectivity index (χ0v) is 11.7. The van der Waals surface area contributed by atoms with E-state index in [2.05, 4.69) is 50.6 Å². The van der Waals surface area contributed by atoms with Gasteiger partial charge in [-0.25, -0.2) is 4.68 Å². The van der Waals surface area contributed by atoms with E-state index in [1.807, 2.05) is 10.7 Å². The zero-order chi connectivity index (χ0) is 12.4. The molecule has 0 spiro atoms. The largest absolute Gasteiger partial charge is 0.316 e. The van der Waals surface area contributed by atoms with Crippen molar-refractivity contribution in [1.29, 1.82) is 0 Å². The number of piperidine rings is 1. The molecule has 1 aliphatic heterocycles. The molecule has 1 saturated heterocycles. The first kappa shape index (κ1) is 11.9. The van der Waals surface area contributed by atoms with Gasteiger partial charge < -0.3 is 5.32 Å². The second-order valence-corrected chi connectivity index (χ2v) is 5.51. The Morgan fingerprint density at radius 3 is 2.67 bits per heavy atom. The van der Waals surface area contributed by atoms with Gasteiger partial charge in [-0.1, -0.05) is 12.1 Å². The molecule has 0 radical (unpaired) electrons. The van der Waals surface area contributed by atoms with E-state index in [1.54, 1.807) is 6.20 Å². The summed E-state index contributed by atoms with van der Waals surface area (Å²) >= 11 is 3.49. The average Bonchev–Trinajstić information content (AvgIpc) is 2.86. The summed E-state index contributed by atoms with van der Waals surface area (Å²) in [6.45, 7) is 2.26.